The molecule has 11 heteroatoms. The van der Waals surface area contributed by atoms with Gasteiger partial charge < -0.3 is 52.1 Å². The molecule has 0 aromatic heterocycles. The molecule has 0 aliphatic carbocycles. The Morgan fingerprint density at radius 3 is 1.11 bits per heavy atom. The number of ether oxygens (including phenoxy) is 11. The Bertz CT molecular complexity index is 1110. The monoisotopic (exact) mass is 642 g/mol. The molecule has 46 heavy (non-hydrogen) atoms. The highest BCUT2D eigenvalue weighted by Gasteiger charge is 2.07. The van der Waals surface area contributed by atoms with Gasteiger partial charge in [-0.15, -0.1) is 0 Å². The fourth-order valence-electron chi connectivity index (χ4n) is 4.13. The molecule has 2 aliphatic heterocycles. The Hall–Kier alpha value is -3.58. The number of fused-ring (bicyclic) bond motifs is 26. The number of hydrogen-bond donors (Lipinski definition) is 0. The summed E-state index contributed by atoms with van der Waals surface area (Å²) in [7, 11) is 0. The summed E-state index contributed by atoms with van der Waals surface area (Å²) in [5, 5.41) is 0. The smallest absolute Gasteiger partial charge is 0.127 e. The van der Waals surface area contributed by atoms with Gasteiger partial charge in [0.2, 0.25) is 0 Å². The lowest BCUT2D eigenvalue weighted by Gasteiger charge is -2.14. The normalized spacial score (nSPS) is 17.7. The van der Waals surface area contributed by atoms with Crippen LogP contribution >= 0.6 is 0 Å². The lowest BCUT2D eigenvalue weighted by atomic mass is 10.2. The van der Waals surface area contributed by atoms with Crippen LogP contribution in [0.3, 0.4) is 0 Å². The molecule has 0 spiro atoms. The third kappa shape index (κ3) is 15.6. The van der Waals surface area contributed by atoms with Crippen LogP contribution in [0.4, 0.5) is 0 Å². The Balaban J connectivity index is 1.20. The van der Waals surface area contributed by atoms with Crippen molar-refractivity contribution in [3.05, 3.63) is 78.4 Å². The summed E-state index contributed by atoms with van der Waals surface area (Å²) in [4.78, 5) is 0. The molecule has 0 saturated carbocycles. The van der Waals surface area contributed by atoms with E-state index in [-0.39, 0.29) is 0 Å². The molecule has 5 rings (SSSR count). The highest BCUT2D eigenvalue weighted by atomic mass is 16.6. The van der Waals surface area contributed by atoms with Crippen molar-refractivity contribution in [2.75, 3.05) is 106 Å². The third-order valence-corrected chi connectivity index (χ3v) is 6.40. The van der Waals surface area contributed by atoms with E-state index in [2.05, 4.69) is 0 Å². The van der Waals surface area contributed by atoms with E-state index in [1.54, 1.807) is 0 Å². The van der Waals surface area contributed by atoms with Crippen molar-refractivity contribution in [3.63, 3.8) is 0 Å². The van der Waals surface area contributed by atoms with Crippen molar-refractivity contribution in [2.45, 2.75) is 6.61 Å². The van der Waals surface area contributed by atoms with E-state index in [1.165, 1.54) is 0 Å². The predicted molar refractivity (Wildman–Crippen MR) is 171 cm³/mol. The van der Waals surface area contributed by atoms with E-state index in [0.29, 0.717) is 130 Å². The van der Waals surface area contributed by atoms with E-state index in [1.807, 2.05) is 72.8 Å². The molecule has 2 aliphatic rings. The van der Waals surface area contributed by atoms with Crippen molar-refractivity contribution in [2.24, 2.45) is 0 Å². The number of rotatable bonds is 3. The zero-order valence-corrected chi connectivity index (χ0v) is 26.4. The van der Waals surface area contributed by atoms with Crippen molar-refractivity contribution in [1.82, 2.24) is 0 Å². The van der Waals surface area contributed by atoms with Gasteiger partial charge in [0.15, 0.2) is 0 Å². The van der Waals surface area contributed by atoms with Gasteiger partial charge in [0.05, 0.1) is 79.3 Å². The summed E-state index contributed by atoms with van der Waals surface area (Å²) in [5.41, 5.74) is 1.07. The fourth-order valence-corrected chi connectivity index (χ4v) is 4.13. The van der Waals surface area contributed by atoms with E-state index >= 15 is 0 Å². The molecule has 3 aromatic carbocycles. The van der Waals surface area contributed by atoms with Gasteiger partial charge in [-0.2, -0.15) is 0 Å². The Kier molecular flexibility index (Phi) is 17.5. The highest BCUT2D eigenvalue weighted by Crippen LogP contribution is 2.28. The quantitative estimate of drug-likeness (QED) is 0.375. The van der Waals surface area contributed by atoms with Crippen LogP contribution in [0.1, 0.15) is 5.56 Å². The maximum atomic E-state index is 6.03. The van der Waals surface area contributed by atoms with Gasteiger partial charge in [-0.05, 0) is 29.8 Å². The summed E-state index contributed by atoms with van der Waals surface area (Å²) in [6.45, 7) is 7.59. The van der Waals surface area contributed by atoms with Crippen molar-refractivity contribution in [1.29, 1.82) is 0 Å². The summed E-state index contributed by atoms with van der Waals surface area (Å²) in [5.74, 6) is 3.41. The van der Waals surface area contributed by atoms with Gasteiger partial charge in [0, 0.05) is 18.2 Å². The fraction of sp³-hybridized carbons (Fsp3) is 0.486. The number of hydrogen-bond acceptors (Lipinski definition) is 11. The second kappa shape index (κ2) is 22.8. The molecule has 4 bridgehead atoms. The van der Waals surface area contributed by atoms with Gasteiger partial charge in [-0.3, -0.25) is 0 Å². The molecule has 0 N–H and O–H groups in total. The second-order valence-corrected chi connectivity index (χ2v) is 9.95. The lowest BCUT2D eigenvalue weighted by molar-refractivity contribution is 0.00479. The van der Waals surface area contributed by atoms with Crippen LogP contribution < -0.4 is 23.7 Å². The van der Waals surface area contributed by atoms with Gasteiger partial charge in [-0.1, -0.05) is 30.3 Å². The van der Waals surface area contributed by atoms with E-state index in [9.17, 15) is 0 Å². The van der Waals surface area contributed by atoms with Gasteiger partial charge in [0.1, 0.15) is 61.8 Å². The highest BCUT2D eigenvalue weighted by molar-refractivity contribution is 5.42. The molecule has 11 nitrogen and oxygen atoms in total. The van der Waals surface area contributed by atoms with Crippen molar-refractivity contribution in [3.8, 4) is 28.7 Å². The van der Waals surface area contributed by atoms with Crippen LogP contribution in [-0.4, -0.2) is 106 Å². The first kappa shape index (κ1) is 35.3. The Morgan fingerprint density at radius 2 is 0.717 bits per heavy atom. The molecule has 0 saturated heterocycles. The first-order valence-electron chi connectivity index (χ1n) is 15.7. The minimum atomic E-state index is 0.370. The SMILES string of the molecule is c1ccc(COc2cc3cc(c2)OCCOCCOCCOCCOc2ccc(cc2)OCCOCCOCCOCCO3)cc1. The van der Waals surface area contributed by atoms with Gasteiger partial charge in [-0.25, -0.2) is 0 Å². The molecule has 2 heterocycles. The van der Waals surface area contributed by atoms with Crippen molar-refractivity contribution < 1.29 is 52.1 Å². The zero-order valence-electron chi connectivity index (χ0n) is 26.4. The third-order valence-electron chi connectivity index (χ3n) is 6.40. The average Bonchev–Trinajstić information content (AvgIpc) is 3.08. The Morgan fingerprint density at radius 1 is 0.370 bits per heavy atom. The average molecular weight is 643 g/mol. The number of benzene rings is 3. The van der Waals surface area contributed by atoms with E-state index < -0.39 is 0 Å². The van der Waals surface area contributed by atoms with Crippen LogP contribution in [0, 0.1) is 0 Å². The largest absolute Gasteiger partial charge is 0.491 e. The zero-order chi connectivity index (χ0) is 31.7. The molecule has 0 atom stereocenters. The van der Waals surface area contributed by atoms with E-state index in [0.717, 1.165) is 17.1 Å². The van der Waals surface area contributed by atoms with Crippen molar-refractivity contribution >= 4 is 0 Å². The first-order valence-corrected chi connectivity index (χ1v) is 15.7. The molecule has 3 aromatic rings. The minimum absolute atomic E-state index is 0.370. The van der Waals surface area contributed by atoms with E-state index in [4.69, 9.17) is 52.1 Å². The molecule has 0 unspecified atom stereocenters. The predicted octanol–water partition coefficient (Wildman–Crippen LogP) is 4.59. The molecule has 252 valence electrons. The summed E-state index contributed by atoms with van der Waals surface area (Å²) in [6, 6.07) is 23.0. The minimum Gasteiger partial charge on any atom is -0.491 e. The first-order chi connectivity index (χ1) is 22.8. The topological polar surface area (TPSA) is 102 Å². The molecular formula is C35H46O11. The lowest BCUT2D eigenvalue weighted by Crippen LogP contribution is -2.14. The van der Waals surface area contributed by atoms with Crippen LogP contribution in [0.5, 0.6) is 28.7 Å². The van der Waals surface area contributed by atoms with Crippen LogP contribution in [0.2, 0.25) is 0 Å². The summed E-state index contributed by atoms with van der Waals surface area (Å²) < 4.78 is 63.0. The second-order valence-electron chi connectivity index (χ2n) is 9.95. The van der Waals surface area contributed by atoms with Gasteiger partial charge in [0.25, 0.3) is 0 Å². The summed E-state index contributed by atoms with van der Waals surface area (Å²) in [6.07, 6.45) is 0. The standard InChI is InChI=1S/C35H46O11/c1-2-4-30(5-3-1)29-46-35-27-33-26-34(28-35)45-25-21-41-17-13-37-11-15-39-19-23-43-32-7-6-31(8-9-32)42-22-18-38-14-10-36-12-16-40-20-24-44-33/h1-9,26-28H,10-25,29H2. The molecule has 0 fully saturated rings. The summed E-state index contributed by atoms with van der Waals surface area (Å²) >= 11 is 0. The molecule has 0 radical (unpaired) electrons. The maximum absolute atomic E-state index is 6.03. The molecule has 0 amide bonds. The maximum Gasteiger partial charge on any atom is 0.127 e. The van der Waals surface area contributed by atoms with Crippen LogP contribution in [0.25, 0.3) is 0 Å². The molecular weight excluding hydrogens is 596 g/mol. The van der Waals surface area contributed by atoms with Crippen LogP contribution in [0.15, 0.2) is 72.8 Å². The van der Waals surface area contributed by atoms with Crippen LogP contribution in [-0.2, 0) is 35.0 Å². The van der Waals surface area contributed by atoms with Gasteiger partial charge >= 0.3 is 0 Å². The Labute approximate surface area is 271 Å².